The second-order valence-corrected chi connectivity index (χ2v) is 6.68. The van der Waals surface area contributed by atoms with Crippen LogP contribution in [-0.2, 0) is 14.8 Å². The van der Waals surface area contributed by atoms with Crippen molar-refractivity contribution in [3.05, 3.63) is 29.0 Å². The van der Waals surface area contributed by atoms with Crippen molar-refractivity contribution in [1.29, 1.82) is 0 Å². The monoisotopic (exact) mass is 320 g/mol. The van der Waals surface area contributed by atoms with E-state index in [0.29, 0.717) is 13.0 Å². The molecule has 0 unspecified atom stereocenters. The van der Waals surface area contributed by atoms with Crippen molar-refractivity contribution in [1.82, 2.24) is 9.62 Å². The van der Waals surface area contributed by atoms with Gasteiger partial charge in [0.15, 0.2) is 0 Å². The van der Waals surface area contributed by atoms with Gasteiger partial charge in [0, 0.05) is 26.1 Å². The first-order valence-electron chi connectivity index (χ1n) is 6.03. The van der Waals surface area contributed by atoms with Crippen molar-refractivity contribution < 1.29 is 17.6 Å². The predicted octanol–water partition coefficient (Wildman–Crippen LogP) is 1.38. The van der Waals surface area contributed by atoms with Gasteiger partial charge in [0.2, 0.25) is 15.9 Å². The van der Waals surface area contributed by atoms with Gasteiger partial charge in [-0.25, -0.2) is 17.5 Å². The molecule has 1 aromatic rings. The van der Waals surface area contributed by atoms with Gasteiger partial charge in [-0.15, -0.1) is 0 Å². The van der Waals surface area contributed by atoms with Crippen LogP contribution < -0.4 is 4.72 Å². The molecule has 1 aliphatic heterocycles. The van der Waals surface area contributed by atoms with Crippen molar-refractivity contribution in [2.75, 3.05) is 13.1 Å². The molecule has 110 valence electrons. The Morgan fingerprint density at radius 3 is 2.75 bits per heavy atom. The summed E-state index contributed by atoms with van der Waals surface area (Å²) in [6, 6.07) is 3.26. The molecule has 1 amide bonds. The SMILES string of the molecule is CC(=O)N1CC[C@H](NS(=O)(=O)c2c(F)cccc2Cl)C1. The highest BCUT2D eigenvalue weighted by Gasteiger charge is 2.30. The van der Waals surface area contributed by atoms with Crippen molar-refractivity contribution in [2.24, 2.45) is 0 Å². The summed E-state index contributed by atoms with van der Waals surface area (Å²) in [5, 5.41) is -0.168. The smallest absolute Gasteiger partial charge is 0.245 e. The third-order valence-corrected chi connectivity index (χ3v) is 5.17. The number of nitrogens with zero attached hydrogens (tertiary/aromatic N) is 1. The van der Waals surface area contributed by atoms with Crippen LogP contribution in [0.3, 0.4) is 0 Å². The van der Waals surface area contributed by atoms with Gasteiger partial charge in [-0.2, -0.15) is 0 Å². The van der Waals surface area contributed by atoms with E-state index in [1.54, 1.807) is 0 Å². The predicted molar refractivity (Wildman–Crippen MR) is 72.4 cm³/mol. The average molecular weight is 321 g/mol. The lowest BCUT2D eigenvalue weighted by molar-refractivity contribution is -0.127. The number of carbonyl (C=O) groups excluding carboxylic acids is 1. The molecule has 0 radical (unpaired) electrons. The highest BCUT2D eigenvalue weighted by Crippen LogP contribution is 2.25. The molecular weight excluding hydrogens is 307 g/mol. The van der Waals surface area contributed by atoms with Crippen molar-refractivity contribution in [2.45, 2.75) is 24.3 Å². The number of sulfonamides is 1. The van der Waals surface area contributed by atoms with Crippen LogP contribution in [0.2, 0.25) is 5.02 Å². The molecule has 2 rings (SSSR count). The third-order valence-electron chi connectivity index (χ3n) is 3.14. The molecule has 0 aliphatic carbocycles. The molecule has 0 aromatic heterocycles. The lowest BCUT2D eigenvalue weighted by Crippen LogP contribution is -2.38. The van der Waals surface area contributed by atoms with E-state index < -0.39 is 26.8 Å². The third kappa shape index (κ3) is 3.11. The highest BCUT2D eigenvalue weighted by molar-refractivity contribution is 7.89. The molecule has 0 bridgehead atoms. The van der Waals surface area contributed by atoms with E-state index in [9.17, 15) is 17.6 Å². The van der Waals surface area contributed by atoms with Crippen molar-refractivity contribution in [3.8, 4) is 0 Å². The standard InChI is InChI=1S/C12H14ClFN2O3S/c1-8(17)16-6-5-9(7-16)15-20(18,19)12-10(13)3-2-4-11(12)14/h2-4,9,15H,5-7H2,1H3/t9-/m0/s1. The maximum Gasteiger partial charge on any atom is 0.245 e. The van der Waals surface area contributed by atoms with E-state index in [-0.39, 0.29) is 17.5 Å². The summed E-state index contributed by atoms with van der Waals surface area (Å²) in [5.41, 5.74) is 0. The number of nitrogens with one attached hydrogen (secondary N) is 1. The number of hydrogen-bond donors (Lipinski definition) is 1. The van der Waals surface area contributed by atoms with Gasteiger partial charge in [0.05, 0.1) is 5.02 Å². The highest BCUT2D eigenvalue weighted by atomic mass is 35.5. The van der Waals surface area contributed by atoms with Crippen LogP contribution in [-0.4, -0.2) is 38.4 Å². The Balaban J connectivity index is 2.19. The number of amides is 1. The van der Waals surface area contributed by atoms with Gasteiger partial charge in [0.1, 0.15) is 10.7 Å². The van der Waals surface area contributed by atoms with Crippen LogP contribution in [0.1, 0.15) is 13.3 Å². The summed E-state index contributed by atoms with van der Waals surface area (Å²) in [5.74, 6) is -1.01. The minimum Gasteiger partial charge on any atom is -0.341 e. The van der Waals surface area contributed by atoms with Gasteiger partial charge in [-0.05, 0) is 18.6 Å². The number of carbonyl (C=O) groups is 1. The Kier molecular flexibility index (Phi) is 4.31. The first kappa shape index (κ1) is 15.2. The summed E-state index contributed by atoms with van der Waals surface area (Å²) in [7, 11) is -4.05. The quantitative estimate of drug-likeness (QED) is 0.915. The Hall–Kier alpha value is -1.18. The summed E-state index contributed by atoms with van der Waals surface area (Å²) < 4.78 is 40.4. The van der Waals surface area contributed by atoms with Crippen LogP contribution >= 0.6 is 11.6 Å². The second-order valence-electron chi connectivity index (χ2n) is 4.62. The van der Waals surface area contributed by atoms with Crippen LogP contribution in [0.5, 0.6) is 0 Å². The largest absolute Gasteiger partial charge is 0.341 e. The fourth-order valence-electron chi connectivity index (χ4n) is 2.16. The molecule has 20 heavy (non-hydrogen) atoms. The van der Waals surface area contributed by atoms with Crippen molar-refractivity contribution >= 4 is 27.5 Å². The zero-order chi connectivity index (χ0) is 14.9. The molecule has 8 heteroatoms. The van der Waals surface area contributed by atoms with E-state index in [1.165, 1.54) is 24.0 Å². The maximum absolute atomic E-state index is 13.7. The lowest BCUT2D eigenvalue weighted by atomic mass is 10.3. The molecule has 1 aromatic carbocycles. The maximum atomic E-state index is 13.7. The van der Waals surface area contributed by atoms with E-state index in [0.717, 1.165) is 6.07 Å². The number of rotatable bonds is 3. The number of benzene rings is 1. The normalized spacial score (nSPS) is 19.4. The minimum atomic E-state index is -4.05. The van der Waals surface area contributed by atoms with E-state index in [2.05, 4.69) is 4.72 Å². The Morgan fingerprint density at radius 2 is 2.20 bits per heavy atom. The molecule has 1 atom stereocenters. The molecular formula is C12H14ClFN2O3S. The molecule has 0 spiro atoms. The number of hydrogen-bond acceptors (Lipinski definition) is 3. The zero-order valence-electron chi connectivity index (χ0n) is 10.8. The fourth-order valence-corrected chi connectivity index (χ4v) is 4.03. The Labute approximate surface area is 121 Å². The molecule has 1 fully saturated rings. The van der Waals surface area contributed by atoms with Gasteiger partial charge < -0.3 is 4.90 Å². The summed E-state index contributed by atoms with van der Waals surface area (Å²) in [6.45, 7) is 2.18. The number of halogens is 2. The summed E-state index contributed by atoms with van der Waals surface area (Å²) in [4.78, 5) is 12.2. The van der Waals surface area contributed by atoms with Crippen molar-refractivity contribution in [3.63, 3.8) is 0 Å². The fraction of sp³-hybridized carbons (Fsp3) is 0.417. The lowest BCUT2D eigenvalue weighted by Gasteiger charge is -2.16. The summed E-state index contributed by atoms with van der Waals surface area (Å²) >= 11 is 5.75. The van der Waals surface area contributed by atoms with Gasteiger partial charge in [-0.3, -0.25) is 4.79 Å². The minimum absolute atomic E-state index is 0.115. The molecule has 1 saturated heterocycles. The second kappa shape index (κ2) is 5.67. The molecule has 0 saturated carbocycles. The average Bonchev–Trinajstić information content (AvgIpc) is 2.76. The molecule has 5 nitrogen and oxygen atoms in total. The van der Waals surface area contributed by atoms with E-state index >= 15 is 0 Å². The van der Waals surface area contributed by atoms with Crippen LogP contribution in [0.25, 0.3) is 0 Å². The van der Waals surface area contributed by atoms with Gasteiger partial charge in [0.25, 0.3) is 0 Å². The van der Waals surface area contributed by atoms with Gasteiger partial charge in [-0.1, -0.05) is 17.7 Å². The Bertz CT molecular complexity index is 615. The van der Waals surface area contributed by atoms with Crippen LogP contribution in [0.4, 0.5) is 4.39 Å². The van der Waals surface area contributed by atoms with Crippen LogP contribution in [0, 0.1) is 5.82 Å². The van der Waals surface area contributed by atoms with E-state index in [1.807, 2.05) is 0 Å². The molecule has 1 N–H and O–H groups in total. The van der Waals surface area contributed by atoms with E-state index in [4.69, 9.17) is 11.6 Å². The topological polar surface area (TPSA) is 66.5 Å². The molecule has 1 heterocycles. The first-order valence-corrected chi connectivity index (χ1v) is 7.89. The number of likely N-dealkylation sites (tertiary alicyclic amines) is 1. The summed E-state index contributed by atoms with van der Waals surface area (Å²) in [6.07, 6.45) is 0.491. The van der Waals surface area contributed by atoms with Gasteiger partial charge >= 0.3 is 0 Å². The first-order chi connectivity index (χ1) is 9.31. The molecule has 1 aliphatic rings. The van der Waals surface area contributed by atoms with Crippen LogP contribution in [0.15, 0.2) is 23.1 Å². The Morgan fingerprint density at radius 1 is 1.50 bits per heavy atom. The zero-order valence-corrected chi connectivity index (χ0v) is 12.3.